The fourth-order valence-corrected chi connectivity index (χ4v) is 2.14. The molecule has 3 nitrogen and oxygen atoms in total. The van der Waals surface area contributed by atoms with Crippen molar-refractivity contribution in [2.24, 2.45) is 5.41 Å². The Kier molecular flexibility index (Phi) is 4.46. The van der Waals surface area contributed by atoms with Crippen LogP contribution in [0.4, 0.5) is 0 Å². The highest BCUT2D eigenvalue weighted by atomic mass is 16.3. The highest BCUT2D eigenvalue weighted by Crippen LogP contribution is 2.36. The first-order valence-electron chi connectivity index (χ1n) is 7.11. The van der Waals surface area contributed by atoms with Crippen molar-refractivity contribution in [3.63, 3.8) is 0 Å². The van der Waals surface area contributed by atoms with Crippen LogP contribution in [0.5, 0.6) is 5.75 Å². The summed E-state index contributed by atoms with van der Waals surface area (Å²) in [7, 11) is 23.2. The van der Waals surface area contributed by atoms with Gasteiger partial charge in [0.2, 0.25) is 0 Å². The van der Waals surface area contributed by atoms with E-state index in [4.69, 9.17) is 31.4 Å². The fourth-order valence-electron chi connectivity index (χ4n) is 2.14. The summed E-state index contributed by atoms with van der Waals surface area (Å²) in [5, 5.41) is 20.6. The van der Waals surface area contributed by atoms with Crippen molar-refractivity contribution in [1.29, 1.82) is 0 Å². The van der Waals surface area contributed by atoms with Crippen LogP contribution in [-0.2, 0) is 5.50 Å². The number of aromatic nitrogens is 1. The standard InChI is InChI=1S/C16H15B4NO2/c1-15(2,3)16(20,23)8-4-5-11(21-7-8)9-6-10(17)12(18)13(19)14(9)22/h4-7,22-23H,1-3H3. The second-order valence-corrected chi connectivity index (χ2v) is 6.64. The van der Waals surface area contributed by atoms with Crippen LogP contribution >= 0.6 is 0 Å². The van der Waals surface area contributed by atoms with Gasteiger partial charge in [0.25, 0.3) is 0 Å². The van der Waals surface area contributed by atoms with Crippen molar-refractivity contribution in [3.8, 4) is 17.0 Å². The molecule has 23 heavy (non-hydrogen) atoms. The lowest BCUT2D eigenvalue weighted by Crippen LogP contribution is -2.40. The van der Waals surface area contributed by atoms with Gasteiger partial charge in [0, 0.05) is 11.8 Å². The fraction of sp³-hybridized carbons (Fsp3) is 0.312. The molecular formula is C16H15B4NO2. The average molecular weight is 297 g/mol. The van der Waals surface area contributed by atoms with E-state index in [1.807, 2.05) is 20.8 Å². The van der Waals surface area contributed by atoms with Gasteiger partial charge in [0.1, 0.15) is 37.1 Å². The normalized spacial score (nSPS) is 14.4. The second kappa shape index (κ2) is 5.79. The van der Waals surface area contributed by atoms with Crippen molar-refractivity contribution in [2.75, 3.05) is 0 Å². The molecule has 0 aliphatic rings. The Morgan fingerprint density at radius 1 is 1.04 bits per heavy atom. The van der Waals surface area contributed by atoms with Crippen molar-refractivity contribution in [2.45, 2.75) is 26.3 Å². The smallest absolute Gasteiger partial charge is 0.120 e. The molecule has 1 heterocycles. The summed E-state index contributed by atoms with van der Waals surface area (Å²) < 4.78 is 0. The van der Waals surface area contributed by atoms with E-state index in [-0.39, 0.29) is 22.1 Å². The van der Waals surface area contributed by atoms with Gasteiger partial charge in [-0.15, -0.1) is 10.9 Å². The van der Waals surface area contributed by atoms with Gasteiger partial charge < -0.3 is 10.2 Å². The van der Waals surface area contributed by atoms with Gasteiger partial charge in [-0.2, -0.15) is 0 Å². The van der Waals surface area contributed by atoms with Crippen molar-refractivity contribution >= 4 is 47.8 Å². The van der Waals surface area contributed by atoms with Crippen molar-refractivity contribution < 1.29 is 10.2 Å². The molecule has 1 aromatic heterocycles. The van der Waals surface area contributed by atoms with E-state index in [2.05, 4.69) is 4.98 Å². The summed E-state index contributed by atoms with van der Waals surface area (Å²) in [6.07, 6.45) is 1.46. The first kappa shape index (κ1) is 17.7. The molecule has 0 saturated carbocycles. The van der Waals surface area contributed by atoms with Gasteiger partial charge in [0.05, 0.1) is 11.2 Å². The SMILES string of the molecule is [B]c1cc(-c2ccc(C([B])(O)C(C)(C)C)cn2)c(O)c([B])c1[B]. The molecule has 0 saturated heterocycles. The maximum Gasteiger partial charge on any atom is 0.120 e. The van der Waals surface area contributed by atoms with Crippen LogP contribution < -0.4 is 16.4 Å². The number of hydrogen-bond acceptors (Lipinski definition) is 3. The minimum atomic E-state index is -1.54. The monoisotopic (exact) mass is 297 g/mol. The lowest BCUT2D eigenvalue weighted by Gasteiger charge is -2.38. The predicted octanol–water partition coefficient (Wildman–Crippen LogP) is -0.805. The molecule has 2 aromatic rings. The van der Waals surface area contributed by atoms with E-state index in [0.29, 0.717) is 16.8 Å². The molecule has 1 atom stereocenters. The van der Waals surface area contributed by atoms with Gasteiger partial charge >= 0.3 is 0 Å². The molecule has 0 spiro atoms. The van der Waals surface area contributed by atoms with Crippen molar-refractivity contribution in [3.05, 3.63) is 30.0 Å². The van der Waals surface area contributed by atoms with Crippen LogP contribution in [0.1, 0.15) is 26.3 Å². The Morgan fingerprint density at radius 2 is 1.65 bits per heavy atom. The number of rotatable bonds is 2. The molecule has 0 bridgehead atoms. The first-order valence-corrected chi connectivity index (χ1v) is 7.11. The number of aliphatic hydroxyl groups is 1. The molecule has 0 amide bonds. The Morgan fingerprint density at radius 3 is 2.13 bits per heavy atom. The van der Waals surface area contributed by atoms with Crippen LogP contribution in [-0.4, -0.2) is 46.6 Å². The molecule has 7 heteroatoms. The lowest BCUT2D eigenvalue weighted by molar-refractivity contribution is 0.0154. The van der Waals surface area contributed by atoms with Crippen LogP contribution in [0.2, 0.25) is 0 Å². The minimum Gasteiger partial charge on any atom is -0.508 e. The quantitative estimate of drug-likeness (QED) is 0.713. The average Bonchev–Trinajstić information content (AvgIpc) is 2.48. The topological polar surface area (TPSA) is 53.4 Å². The molecule has 2 rings (SSSR count). The third-order valence-electron chi connectivity index (χ3n) is 4.03. The molecule has 0 aliphatic heterocycles. The van der Waals surface area contributed by atoms with E-state index < -0.39 is 10.9 Å². The summed E-state index contributed by atoms with van der Waals surface area (Å²) in [4.78, 5) is 4.25. The number of phenolic OH excluding ortho intramolecular Hbond substituents is 1. The Bertz CT molecular complexity index is 737. The summed E-state index contributed by atoms with van der Waals surface area (Å²) in [5.74, 6) is -0.184. The minimum absolute atomic E-state index is 0.0101. The second-order valence-electron chi connectivity index (χ2n) is 6.64. The number of aromatic hydroxyl groups is 1. The van der Waals surface area contributed by atoms with E-state index in [1.165, 1.54) is 12.3 Å². The summed E-state index contributed by atoms with van der Waals surface area (Å²) in [6.45, 7) is 5.48. The van der Waals surface area contributed by atoms with Crippen LogP contribution in [0.15, 0.2) is 24.4 Å². The van der Waals surface area contributed by atoms with Gasteiger partial charge in [0.15, 0.2) is 0 Å². The highest BCUT2D eigenvalue weighted by molar-refractivity contribution is 6.58. The van der Waals surface area contributed by atoms with Crippen LogP contribution in [0, 0.1) is 5.41 Å². The molecule has 108 valence electrons. The first-order chi connectivity index (χ1) is 10.5. The van der Waals surface area contributed by atoms with Gasteiger partial charge in [-0.1, -0.05) is 38.4 Å². The van der Waals surface area contributed by atoms with E-state index in [0.717, 1.165) is 0 Å². The third kappa shape index (κ3) is 3.07. The highest BCUT2D eigenvalue weighted by Gasteiger charge is 2.36. The van der Waals surface area contributed by atoms with E-state index >= 15 is 0 Å². The molecule has 1 unspecified atom stereocenters. The number of benzene rings is 1. The Hall–Kier alpha value is -1.61. The van der Waals surface area contributed by atoms with Crippen molar-refractivity contribution in [1.82, 2.24) is 4.98 Å². The number of pyridine rings is 1. The third-order valence-corrected chi connectivity index (χ3v) is 4.03. The zero-order valence-electron chi connectivity index (χ0n) is 13.5. The molecule has 0 fully saturated rings. The van der Waals surface area contributed by atoms with Gasteiger partial charge in [-0.3, -0.25) is 4.98 Å². The van der Waals surface area contributed by atoms with Gasteiger partial charge in [-0.05, 0) is 17.0 Å². The molecule has 2 N–H and O–H groups in total. The zero-order chi connectivity index (χ0) is 17.6. The lowest BCUT2D eigenvalue weighted by atomic mass is 9.60. The van der Waals surface area contributed by atoms with Crippen LogP contribution in [0.25, 0.3) is 11.3 Å². The largest absolute Gasteiger partial charge is 0.508 e. The maximum atomic E-state index is 10.5. The summed E-state index contributed by atoms with van der Waals surface area (Å²) in [6, 6.07) is 4.78. The number of nitrogens with zero attached hydrogens (tertiary/aromatic N) is 1. The predicted molar refractivity (Wildman–Crippen MR) is 96.6 cm³/mol. The van der Waals surface area contributed by atoms with E-state index in [1.54, 1.807) is 12.1 Å². The van der Waals surface area contributed by atoms with E-state index in [9.17, 15) is 10.2 Å². The van der Waals surface area contributed by atoms with Crippen LogP contribution in [0.3, 0.4) is 0 Å². The van der Waals surface area contributed by atoms with Gasteiger partial charge in [-0.25, -0.2) is 0 Å². The Labute approximate surface area is 142 Å². The molecular weight excluding hydrogens is 281 g/mol. The summed E-state index contributed by atoms with van der Waals surface area (Å²) in [5.41, 5.74) is -0.459. The maximum absolute atomic E-state index is 10.5. The number of phenols is 1. The molecule has 8 radical (unpaired) electrons. The molecule has 1 aromatic carbocycles. The molecule has 0 aliphatic carbocycles. The number of hydrogen-bond donors (Lipinski definition) is 2. The Balaban J connectivity index is 2.50. The zero-order valence-corrected chi connectivity index (χ0v) is 13.5. The summed E-state index contributed by atoms with van der Waals surface area (Å²) >= 11 is 0.